The predicted molar refractivity (Wildman–Crippen MR) is 32.8 cm³/mol. The van der Waals surface area contributed by atoms with Crippen LogP contribution in [0.5, 0.6) is 0 Å². The van der Waals surface area contributed by atoms with E-state index in [4.69, 9.17) is 11.6 Å². The van der Waals surface area contributed by atoms with Crippen LogP contribution in [-0.4, -0.2) is 22.9 Å². The number of nitrogens with one attached hydrogen (secondary N) is 1. The second-order valence-corrected chi connectivity index (χ2v) is 2.61. The Morgan fingerprint density at radius 3 is 2.57 bits per heavy atom. The highest BCUT2D eigenvalue weighted by molar-refractivity contribution is 7.82. The van der Waals surface area contributed by atoms with Crippen molar-refractivity contribution in [3.63, 3.8) is 0 Å². The maximum absolute atomic E-state index is 10.1. The smallest absolute Gasteiger partial charge is 0.0883 e. The summed E-state index contributed by atoms with van der Waals surface area (Å²) in [5.74, 6) is 0.513. The van der Waals surface area contributed by atoms with Crippen LogP contribution in [0.3, 0.4) is 0 Å². The van der Waals surface area contributed by atoms with E-state index in [1.165, 1.54) is 0 Å². The van der Waals surface area contributed by atoms with E-state index in [9.17, 15) is 4.21 Å². The summed E-state index contributed by atoms with van der Waals surface area (Å²) in [4.78, 5) is 0. The molecule has 0 aliphatic carbocycles. The largest absolute Gasteiger partial charge is 0.243 e. The molecule has 0 bridgehead atoms. The monoisotopic (exact) mass is 141 g/mol. The third-order valence-electron chi connectivity index (χ3n) is 0.400. The first-order valence-electron chi connectivity index (χ1n) is 1.90. The topological polar surface area (TPSA) is 29.1 Å². The lowest BCUT2D eigenvalue weighted by atomic mass is 10.8. The molecule has 0 amide bonds. The fourth-order valence-electron chi connectivity index (χ4n) is 0.182. The average molecular weight is 142 g/mol. The molecule has 0 aromatic carbocycles. The molecule has 0 fully saturated rings. The van der Waals surface area contributed by atoms with Gasteiger partial charge in [-0.3, -0.25) is 0 Å². The van der Waals surface area contributed by atoms with E-state index in [0.29, 0.717) is 12.4 Å². The minimum Gasteiger partial charge on any atom is -0.243 e. The van der Waals surface area contributed by atoms with Crippen molar-refractivity contribution in [1.82, 2.24) is 4.72 Å². The first-order valence-corrected chi connectivity index (χ1v) is 3.99. The molecule has 0 aromatic rings. The lowest BCUT2D eigenvalue weighted by Gasteiger charge is -1.91. The normalized spacial score (nSPS) is 14.0. The van der Waals surface area contributed by atoms with Crippen LogP contribution in [0, 0.1) is 0 Å². The molecule has 0 radical (unpaired) electrons. The molecule has 0 saturated heterocycles. The van der Waals surface area contributed by atoms with E-state index in [1.807, 2.05) is 0 Å². The number of alkyl halides is 1. The average Bonchev–Trinajstić information content (AvgIpc) is 1.61. The number of hydrogen-bond donors (Lipinski definition) is 1. The molecule has 0 heterocycles. The molecule has 1 N–H and O–H groups in total. The standard InChI is InChI=1S/C3H8ClNOS/c1-7(6)5-3-2-4/h5H,2-3H2,1H3. The Bertz CT molecular complexity index is 68.0. The van der Waals surface area contributed by atoms with Crippen LogP contribution in [0.2, 0.25) is 0 Å². The fourth-order valence-corrected chi connectivity index (χ4v) is 0.778. The van der Waals surface area contributed by atoms with Gasteiger partial charge in [0.25, 0.3) is 0 Å². The van der Waals surface area contributed by atoms with Crippen molar-refractivity contribution in [2.24, 2.45) is 0 Å². The van der Waals surface area contributed by atoms with Gasteiger partial charge in [-0.15, -0.1) is 11.6 Å². The quantitative estimate of drug-likeness (QED) is 0.556. The highest BCUT2D eigenvalue weighted by Gasteiger charge is 1.82. The van der Waals surface area contributed by atoms with Gasteiger partial charge in [-0.25, -0.2) is 8.93 Å². The number of halogens is 1. The van der Waals surface area contributed by atoms with E-state index >= 15 is 0 Å². The molecule has 0 spiro atoms. The van der Waals surface area contributed by atoms with Gasteiger partial charge in [-0.1, -0.05) is 0 Å². The molecular weight excluding hydrogens is 134 g/mol. The van der Waals surface area contributed by atoms with Crippen LogP contribution < -0.4 is 4.72 Å². The van der Waals surface area contributed by atoms with E-state index < -0.39 is 11.0 Å². The van der Waals surface area contributed by atoms with Crippen LogP contribution in [0.15, 0.2) is 0 Å². The zero-order valence-electron chi connectivity index (χ0n) is 4.11. The molecule has 0 aromatic heterocycles. The molecule has 4 heteroatoms. The van der Waals surface area contributed by atoms with Crippen molar-refractivity contribution in [2.75, 3.05) is 18.7 Å². The molecule has 1 unspecified atom stereocenters. The lowest BCUT2D eigenvalue weighted by molar-refractivity contribution is 0.678. The summed E-state index contributed by atoms with van der Waals surface area (Å²) in [7, 11) is -0.900. The van der Waals surface area contributed by atoms with E-state index in [1.54, 1.807) is 6.26 Å². The van der Waals surface area contributed by atoms with Crippen molar-refractivity contribution < 1.29 is 4.21 Å². The van der Waals surface area contributed by atoms with Crippen LogP contribution in [0.25, 0.3) is 0 Å². The molecule has 2 nitrogen and oxygen atoms in total. The highest BCUT2D eigenvalue weighted by Crippen LogP contribution is 1.69. The maximum atomic E-state index is 10.1. The molecule has 44 valence electrons. The Kier molecular flexibility index (Phi) is 4.82. The highest BCUT2D eigenvalue weighted by atomic mass is 35.5. The van der Waals surface area contributed by atoms with Gasteiger partial charge in [0.1, 0.15) is 0 Å². The van der Waals surface area contributed by atoms with Crippen molar-refractivity contribution in [3.8, 4) is 0 Å². The molecule has 0 aliphatic heterocycles. The summed E-state index contributed by atoms with van der Waals surface area (Å²) in [6.45, 7) is 0.616. The number of rotatable bonds is 3. The first kappa shape index (κ1) is 7.40. The van der Waals surface area contributed by atoms with Crippen molar-refractivity contribution in [1.29, 1.82) is 0 Å². The van der Waals surface area contributed by atoms with Gasteiger partial charge in [0.15, 0.2) is 0 Å². The zero-order valence-corrected chi connectivity index (χ0v) is 5.68. The van der Waals surface area contributed by atoms with E-state index in [0.717, 1.165) is 0 Å². The maximum Gasteiger partial charge on any atom is 0.0883 e. The van der Waals surface area contributed by atoms with Gasteiger partial charge in [0.05, 0.1) is 11.0 Å². The Morgan fingerprint density at radius 2 is 2.43 bits per heavy atom. The summed E-state index contributed by atoms with van der Waals surface area (Å²) in [5, 5.41) is 0. The van der Waals surface area contributed by atoms with Crippen molar-refractivity contribution >= 4 is 22.6 Å². The zero-order chi connectivity index (χ0) is 5.70. The molecule has 0 saturated carbocycles. The summed E-state index contributed by atoms with van der Waals surface area (Å²) < 4.78 is 12.8. The van der Waals surface area contributed by atoms with Crippen LogP contribution in [0.1, 0.15) is 0 Å². The van der Waals surface area contributed by atoms with Crippen LogP contribution in [-0.2, 0) is 11.0 Å². The number of hydrogen-bond acceptors (Lipinski definition) is 1. The third kappa shape index (κ3) is 6.40. The third-order valence-corrected chi connectivity index (χ3v) is 1.20. The van der Waals surface area contributed by atoms with Gasteiger partial charge in [-0.05, 0) is 0 Å². The van der Waals surface area contributed by atoms with Gasteiger partial charge >= 0.3 is 0 Å². The Hall–Kier alpha value is 0.400. The van der Waals surface area contributed by atoms with Crippen LogP contribution in [0.4, 0.5) is 0 Å². The lowest BCUT2D eigenvalue weighted by Crippen LogP contribution is -2.17. The summed E-state index contributed by atoms with van der Waals surface area (Å²) >= 11 is 5.25. The molecule has 1 atom stereocenters. The minimum atomic E-state index is -0.900. The second-order valence-electron chi connectivity index (χ2n) is 1.04. The van der Waals surface area contributed by atoms with Crippen molar-refractivity contribution in [3.05, 3.63) is 0 Å². The van der Waals surface area contributed by atoms with Crippen molar-refractivity contribution in [2.45, 2.75) is 0 Å². The SMILES string of the molecule is CS(=O)NCCCl. The Labute approximate surface area is 50.8 Å². The van der Waals surface area contributed by atoms with Gasteiger partial charge < -0.3 is 0 Å². The second kappa shape index (κ2) is 4.56. The van der Waals surface area contributed by atoms with Gasteiger partial charge in [0.2, 0.25) is 0 Å². The predicted octanol–water partition coefficient (Wildman–Crippen LogP) is 0.108. The van der Waals surface area contributed by atoms with Gasteiger partial charge in [-0.2, -0.15) is 0 Å². The molecular formula is C3H8ClNOS. The van der Waals surface area contributed by atoms with E-state index in [2.05, 4.69) is 4.72 Å². The van der Waals surface area contributed by atoms with Gasteiger partial charge in [0, 0.05) is 18.7 Å². The molecule has 0 rings (SSSR count). The minimum absolute atomic E-state index is 0.513. The summed E-state index contributed by atoms with van der Waals surface area (Å²) in [5.41, 5.74) is 0. The first-order chi connectivity index (χ1) is 3.27. The summed E-state index contributed by atoms with van der Waals surface area (Å²) in [6, 6.07) is 0. The summed E-state index contributed by atoms with van der Waals surface area (Å²) in [6.07, 6.45) is 1.58. The fraction of sp³-hybridized carbons (Fsp3) is 1.00. The molecule has 0 aliphatic rings. The molecule has 7 heavy (non-hydrogen) atoms. The Morgan fingerprint density at radius 1 is 1.86 bits per heavy atom. The van der Waals surface area contributed by atoms with Crippen LogP contribution >= 0.6 is 11.6 Å². The van der Waals surface area contributed by atoms with E-state index in [-0.39, 0.29) is 0 Å². The Balaban J connectivity index is 2.82.